The molecule has 0 unspecified atom stereocenters. The Hall–Kier alpha value is -0.650. The number of aliphatic hydroxyl groups is 2. The van der Waals surface area contributed by atoms with E-state index in [-0.39, 0.29) is 16.9 Å². The number of nitrogens with zero attached hydrogens (tertiary/aromatic N) is 2. The van der Waals surface area contributed by atoms with Crippen LogP contribution in [0.15, 0.2) is 5.10 Å². The van der Waals surface area contributed by atoms with Gasteiger partial charge < -0.3 is 15.3 Å². The van der Waals surface area contributed by atoms with Crippen LogP contribution < -0.4 is 5.11 Å². The van der Waals surface area contributed by atoms with E-state index in [1.165, 1.54) is 0 Å². The molecule has 0 aliphatic rings. The van der Waals surface area contributed by atoms with Crippen LogP contribution in [-0.4, -0.2) is 53.6 Å². The summed E-state index contributed by atoms with van der Waals surface area (Å²) in [4.78, 5) is 0. The fraction of sp³-hybridized carbons (Fsp3) is 0.889. The highest BCUT2D eigenvalue weighted by Crippen LogP contribution is 2.02. The van der Waals surface area contributed by atoms with E-state index in [1.807, 2.05) is 0 Å². The molecule has 0 saturated carbocycles. The van der Waals surface area contributed by atoms with E-state index < -0.39 is 12.2 Å². The second-order valence-corrected chi connectivity index (χ2v) is 4.20. The number of likely N-dealkylation sites (N-methyl/N-ethyl adjacent to an activating group) is 1. The van der Waals surface area contributed by atoms with Crippen molar-refractivity contribution in [1.82, 2.24) is 0 Å². The Kier molecular flexibility index (Phi) is 5.04. The summed E-state index contributed by atoms with van der Waals surface area (Å²) in [6.07, 6.45) is -1.15. The van der Waals surface area contributed by atoms with Gasteiger partial charge in [0, 0.05) is 12.3 Å². The van der Waals surface area contributed by atoms with Gasteiger partial charge in [-0.1, -0.05) is 0 Å². The van der Waals surface area contributed by atoms with Crippen molar-refractivity contribution >= 4 is 5.90 Å². The molecule has 84 valence electrons. The maximum Gasteiger partial charge on any atom is 0.128 e. The zero-order chi connectivity index (χ0) is 11.4. The van der Waals surface area contributed by atoms with Gasteiger partial charge in [-0.3, -0.25) is 0 Å². The van der Waals surface area contributed by atoms with Crippen LogP contribution in [-0.2, 0) is 0 Å². The summed E-state index contributed by atoms with van der Waals surface area (Å²) in [5, 5.41) is 33.2. The maximum atomic E-state index is 11.2. The lowest BCUT2D eigenvalue weighted by Gasteiger charge is -2.26. The van der Waals surface area contributed by atoms with Crippen LogP contribution in [0.1, 0.15) is 20.3 Å². The van der Waals surface area contributed by atoms with Crippen LogP contribution in [0.2, 0.25) is 0 Å². The summed E-state index contributed by atoms with van der Waals surface area (Å²) < 4.78 is 0.0865. The molecule has 0 amide bonds. The molecule has 0 aliphatic carbocycles. The highest BCUT2D eigenvalue weighted by molar-refractivity contribution is 5.71. The summed E-state index contributed by atoms with van der Waals surface area (Å²) in [6.45, 7) is 3.57. The van der Waals surface area contributed by atoms with Gasteiger partial charge >= 0.3 is 0 Å². The first-order chi connectivity index (χ1) is 6.23. The van der Waals surface area contributed by atoms with Crippen molar-refractivity contribution in [1.29, 1.82) is 0 Å². The number of quaternary nitrogens is 1. The van der Waals surface area contributed by atoms with Crippen LogP contribution in [0.25, 0.3) is 0 Å². The quantitative estimate of drug-likeness (QED) is 0.258. The van der Waals surface area contributed by atoms with Crippen LogP contribution in [0.4, 0.5) is 0 Å². The molecule has 5 nitrogen and oxygen atoms in total. The van der Waals surface area contributed by atoms with Gasteiger partial charge in [-0.05, 0) is 13.8 Å². The van der Waals surface area contributed by atoms with Gasteiger partial charge in [0.25, 0.3) is 0 Å². The Balaban J connectivity index is 4.29. The average Bonchev–Trinajstić information content (AvgIpc) is 1.77. The van der Waals surface area contributed by atoms with Gasteiger partial charge in [-0.15, -0.1) is 5.10 Å². The predicted octanol–water partition coefficient (Wildman–Crippen LogP) is -1.11. The molecule has 0 rings (SSSR count). The van der Waals surface area contributed by atoms with Crippen molar-refractivity contribution in [2.75, 3.05) is 20.6 Å². The summed E-state index contributed by atoms with van der Waals surface area (Å²) in [5.74, 6) is -0.342. The first-order valence-electron chi connectivity index (χ1n) is 4.68. The van der Waals surface area contributed by atoms with Crippen LogP contribution >= 0.6 is 0 Å². The number of hydrogen-bond donors (Lipinski definition) is 2. The Morgan fingerprint density at radius 1 is 1.29 bits per heavy atom. The lowest BCUT2D eigenvalue weighted by molar-refractivity contribution is -0.901. The SMILES string of the molecule is C[C@H](O)C/C([O-])=N/[N+](C)(C)C[C@H](C)O. The highest BCUT2D eigenvalue weighted by Gasteiger charge is 2.16. The van der Waals surface area contributed by atoms with Crippen molar-refractivity contribution in [3.05, 3.63) is 0 Å². The molecule has 0 spiro atoms. The van der Waals surface area contributed by atoms with Gasteiger partial charge in [0.05, 0.1) is 20.2 Å². The van der Waals surface area contributed by atoms with E-state index in [1.54, 1.807) is 27.9 Å². The fourth-order valence-electron chi connectivity index (χ4n) is 1.28. The molecule has 0 aromatic rings. The van der Waals surface area contributed by atoms with Gasteiger partial charge in [0.15, 0.2) is 0 Å². The molecular weight excluding hydrogens is 184 g/mol. The van der Waals surface area contributed by atoms with Gasteiger partial charge in [-0.25, -0.2) is 4.59 Å². The van der Waals surface area contributed by atoms with Crippen molar-refractivity contribution in [3.8, 4) is 0 Å². The first kappa shape index (κ1) is 13.4. The molecule has 2 atom stereocenters. The molecular formula is C9H20N2O3. The molecule has 0 fully saturated rings. The summed E-state index contributed by atoms with van der Waals surface area (Å²) in [7, 11) is 3.46. The van der Waals surface area contributed by atoms with E-state index in [0.29, 0.717) is 6.54 Å². The zero-order valence-electron chi connectivity index (χ0n) is 9.27. The largest absolute Gasteiger partial charge is 0.858 e. The van der Waals surface area contributed by atoms with Crippen LogP contribution in [0.3, 0.4) is 0 Å². The molecule has 0 bridgehead atoms. The minimum absolute atomic E-state index is 0.0293. The molecule has 0 aromatic carbocycles. The lowest BCUT2D eigenvalue weighted by atomic mass is 10.3. The summed E-state index contributed by atoms with van der Waals surface area (Å²) in [5.41, 5.74) is 0. The monoisotopic (exact) mass is 204 g/mol. The Bertz CT molecular complexity index is 200. The van der Waals surface area contributed by atoms with E-state index in [0.717, 1.165) is 0 Å². The zero-order valence-corrected chi connectivity index (χ0v) is 9.27. The topological polar surface area (TPSA) is 75.9 Å². The molecule has 2 N–H and O–H groups in total. The molecule has 0 heterocycles. The standard InChI is InChI=1S/C9H20N2O3/c1-7(12)5-9(14)10-11(3,4)6-8(2)13/h7-8,12-13H,5-6H2,1-4H3/t7-,8-/m0/s1. The maximum absolute atomic E-state index is 11.2. The van der Waals surface area contributed by atoms with Crippen molar-refractivity contribution in [3.63, 3.8) is 0 Å². The number of hydrogen-bond acceptors (Lipinski definition) is 4. The average molecular weight is 204 g/mol. The Labute approximate surface area is 84.9 Å². The first-order valence-corrected chi connectivity index (χ1v) is 4.68. The Morgan fingerprint density at radius 3 is 2.14 bits per heavy atom. The minimum atomic E-state index is -0.669. The molecule has 0 saturated heterocycles. The molecule has 0 radical (unpaired) electrons. The second kappa shape index (κ2) is 5.29. The summed E-state index contributed by atoms with van der Waals surface area (Å²) in [6, 6.07) is 0. The second-order valence-electron chi connectivity index (χ2n) is 4.20. The third kappa shape index (κ3) is 6.82. The fourth-order valence-corrected chi connectivity index (χ4v) is 1.28. The predicted molar refractivity (Wildman–Crippen MR) is 52.4 cm³/mol. The third-order valence-electron chi connectivity index (χ3n) is 1.56. The van der Waals surface area contributed by atoms with Crippen molar-refractivity contribution in [2.45, 2.75) is 32.5 Å². The van der Waals surface area contributed by atoms with Crippen molar-refractivity contribution < 1.29 is 19.9 Å². The van der Waals surface area contributed by atoms with Gasteiger partial charge in [-0.2, -0.15) is 0 Å². The molecule has 14 heavy (non-hydrogen) atoms. The number of aliphatic hydroxyl groups excluding tert-OH is 2. The highest BCUT2D eigenvalue weighted by atomic mass is 16.3. The third-order valence-corrected chi connectivity index (χ3v) is 1.56. The molecule has 0 aromatic heterocycles. The van der Waals surface area contributed by atoms with Crippen LogP contribution in [0, 0.1) is 0 Å². The van der Waals surface area contributed by atoms with E-state index in [9.17, 15) is 5.11 Å². The Morgan fingerprint density at radius 2 is 1.79 bits per heavy atom. The van der Waals surface area contributed by atoms with E-state index in [4.69, 9.17) is 10.2 Å². The van der Waals surface area contributed by atoms with E-state index >= 15 is 0 Å². The van der Waals surface area contributed by atoms with E-state index in [2.05, 4.69) is 5.10 Å². The van der Waals surface area contributed by atoms with Gasteiger partial charge in [0.2, 0.25) is 0 Å². The lowest BCUT2D eigenvalue weighted by Crippen LogP contribution is -2.42. The minimum Gasteiger partial charge on any atom is -0.858 e. The smallest absolute Gasteiger partial charge is 0.128 e. The molecule has 0 aliphatic heterocycles. The van der Waals surface area contributed by atoms with Crippen LogP contribution in [0.5, 0.6) is 0 Å². The molecule has 5 heteroatoms. The van der Waals surface area contributed by atoms with Gasteiger partial charge in [0.1, 0.15) is 12.6 Å². The summed E-state index contributed by atoms with van der Waals surface area (Å²) >= 11 is 0. The van der Waals surface area contributed by atoms with Crippen molar-refractivity contribution in [2.24, 2.45) is 5.10 Å². The normalized spacial score (nSPS) is 18.0. The number of rotatable bonds is 5.